The van der Waals surface area contributed by atoms with Crippen molar-refractivity contribution in [2.24, 2.45) is 0 Å². The van der Waals surface area contributed by atoms with Crippen LogP contribution in [0.25, 0.3) is 43.5 Å². The maximum Gasteiger partial charge on any atom is 0.0161 e. The van der Waals surface area contributed by atoms with E-state index in [0.717, 1.165) is 32.7 Å². The van der Waals surface area contributed by atoms with Gasteiger partial charge in [0.1, 0.15) is 0 Å². The fourth-order valence-corrected chi connectivity index (χ4v) is 4.34. The molecule has 0 spiro atoms. The van der Waals surface area contributed by atoms with Crippen LogP contribution in [-0.2, 0) is 60.3 Å². The average molecular weight is 1260 g/mol. The van der Waals surface area contributed by atoms with E-state index < -0.39 is 0 Å². The van der Waals surface area contributed by atoms with E-state index in [-0.39, 0.29) is 82.6 Å². The van der Waals surface area contributed by atoms with E-state index in [2.05, 4.69) is 57.4 Å². The fourth-order valence-electron chi connectivity index (χ4n) is 3.69. The molecular weight excluding hydrogens is 1200 g/mol. The Labute approximate surface area is 370 Å². The summed E-state index contributed by atoms with van der Waals surface area (Å²) in [7, 11) is 0. The molecule has 0 aliphatic carbocycles. The van der Waals surface area contributed by atoms with Gasteiger partial charge in [-0.05, 0) is 40.5 Å². The van der Waals surface area contributed by atoms with Gasteiger partial charge in [0.15, 0.2) is 0 Å². The van der Waals surface area contributed by atoms with Crippen molar-refractivity contribution in [1.82, 2.24) is 15.0 Å². The third-order valence-electron chi connectivity index (χ3n) is 5.42. The number of hydrogen-bond acceptors (Lipinski definition) is 4. The molecule has 3 nitrogen and oxygen atoms in total. The molecule has 0 saturated carbocycles. The zero-order valence-electron chi connectivity index (χ0n) is 34.0. The summed E-state index contributed by atoms with van der Waals surface area (Å²) in [5, 5.41) is 5.47. The molecule has 0 N–H and O–H groups in total. The quantitative estimate of drug-likeness (QED) is 0.128. The Kier molecular flexibility index (Phi) is 55.9. The van der Waals surface area contributed by atoms with Crippen LogP contribution in [-0.4, -0.2) is 15.0 Å². The van der Waals surface area contributed by atoms with E-state index in [1.807, 2.05) is 166 Å². The third-order valence-corrected chi connectivity index (χ3v) is 6.26. The van der Waals surface area contributed by atoms with Gasteiger partial charge in [0.25, 0.3) is 0 Å². The molecule has 299 valence electrons. The SMILES string of the molecule is CC.CC.CC.CC.CC.[CH3-].[CH3-].[CH3-].[Ir].[Ir].[Ir].[c-]1cccc2ccc3cccnc3c12.[c-]1ccccc1-c1ccccn1.[c-]1ccsc1-c1ccccn1. The van der Waals surface area contributed by atoms with Crippen molar-refractivity contribution in [3.63, 3.8) is 0 Å². The first-order valence-corrected chi connectivity index (χ1v) is 17.7. The molecule has 0 bridgehead atoms. The second-order valence-electron chi connectivity index (χ2n) is 7.88. The van der Waals surface area contributed by atoms with Crippen LogP contribution in [0.2, 0.25) is 0 Å². The monoisotopic (exact) mass is 1270 g/mol. The second kappa shape index (κ2) is 45.4. The Morgan fingerprint density at radius 3 is 1.45 bits per heavy atom. The predicted octanol–water partition coefficient (Wildman–Crippen LogP) is 14.8. The first-order chi connectivity index (χ1) is 23.4. The molecule has 0 unspecified atom stereocenters. The Bertz CT molecular complexity index is 1580. The average Bonchev–Trinajstić information content (AvgIpc) is 3.76. The summed E-state index contributed by atoms with van der Waals surface area (Å²) >= 11 is 1.66. The predicted molar refractivity (Wildman–Crippen MR) is 229 cm³/mol. The number of fused-ring (bicyclic) bond motifs is 3. The molecule has 0 amide bonds. The molecular formula is C46H61Ir3N3S-6. The van der Waals surface area contributed by atoms with Gasteiger partial charge < -0.3 is 37.2 Å². The molecule has 0 saturated heterocycles. The fraction of sp³-hybridized carbons (Fsp3) is 0.217. The van der Waals surface area contributed by atoms with Crippen LogP contribution in [0.3, 0.4) is 0 Å². The standard InChI is InChI=1S/C13H8N.C11H8N.C9H6NS.5C2H6.3CH3.3Ir/c1-2-6-12-10(4-1)7-8-11-5-3-9-14-13(11)12;1-2-6-10(7-3-1)11-8-4-5-9-12-11;1-2-6-10-8(4-1)9-5-3-7-11-9;5*1-2;;;;;;/h1-5,7-9H;1-6,8-9H;1-4,6-7H;5*1-2H3;3*1H3;;;/q3*-1;;;;;;3*-1;;;. The number of pyridine rings is 3. The van der Waals surface area contributed by atoms with Crippen LogP contribution < -0.4 is 0 Å². The molecule has 3 radical (unpaired) electrons. The summed E-state index contributed by atoms with van der Waals surface area (Å²) in [5.41, 5.74) is 4.05. The molecule has 3 aromatic carbocycles. The molecule has 7 heteroatoms. The van der Waals surface area contributed by atoms with E-state index in [1.165, 1.54) is 10.8 Å². The molecule has 7 aromatic rings. The molecule has 0 fully saturated rings. The first kappa shape index (κ1) is 65.2. The summed E-state index contributed by atoms with van der Waals surface area (Å²) in [6.07, 6.45) is 5.40. The van der Waals surface area contributed by atoms with E-state index in [1.54, 1.807) is 23.7 Å². The van der Waals surface area contributed by atoms with Crippen molar-refractivity contribution in [2.45, 2.75) is 69.2 Å². The van der Waals surface area contributed by atoms with Crippen molar-refractivity contribution >= 4 is 33.0 Å². The van der Waals surface area contributed by atoms with Crippen molar-refractivity contribution in [3.05, 3.63) is 174 Å². The number of nitrogens with zero attached hydrogens (tertiary/aromatic N) is 3. The number of rotatable bonds is 2. The van der Waals surface area contributed by atoms with Crippen LogP contribution in [0.4, 0.5) is 0 Å². The maximum atomic E-state index is 4.38. The van der Waals surface area contributed by atoms with E-state index in [9.17, 15) is 0 Å². The zero-order valence-corrected chi connectivity index (χ0v) is 42.0. The van der Waals surface area contributed by atoms with Gasteiger partial charge in [-0.1, -0.05) is 117 Å². The molecule has 4 aromatic heterocycles. The summed E-state index contributed by atoms with van der Waals surface area (Å²) in [6, 6.07) is 45.2. The Morgan fingerprint density at radius 2 is 0.943 bits per heavy atom. The Morgan fingerprint density at radius 1 is 0.434 bits per heavy atom. The zero-order chi connectivity index (χ0) is 35.1. The Hall–Kier alpha value is -2.72. The molecule has 0 aliphatic heterocycles. The van der Waals surface area contributed by atoms with Crippen molar-refractivity contribution < 1.29 is 60.3 Å². The van der Waals surface area contributed by atoms with Crippen LogP contribution in [0.5, 0.6) is 0 Å². The smallest absolute Gasteiger partial charge is 0.0161 e. The number of hydrogen-bond donors (Lipinski definition) is 0. The molecule has 4 heterocycles. The minimum Gasteiger partial charge on any atom is -0.358 e. The summed E-state index contributed by atoms with van der Waals surface area (Å²) in [5.74, 6) is 0. The van der Waals surface area contributed by atoms with Crippen LogP contribution >= 0.6 is 11.3 Å². The van der Waals surface area contributed by atoms with Gasteiger partial charge in [-0.15, -0.1) is 76.3 Å². The second-order valence-corrected chi connectivity index (χ2v) is 8.79. The van der Waals surface area contributed by atoms with Gasteiger partial charge in [-0.3, -0.25) is 0 Å². The maximum absolute atomic E-state index is 4.38. The molecule has 53 heavy (non-hydrogen) atoms. The normalized spacial score (nSPS) is 7.66. The van der Waals surface area contributed by atoms with Gasteiger partial charge >= 0.3 is 0 Å². The van der Waals surface area contributed by atoms with E-state index in [4.69, 9.17) is 0 Å². The Balaban J connectivity index is -0.000000102. The summed E-state index contributed by atoms with van der Waals surface area (Å²) in [4.78, 5) is 13.9. The minimum atomic E-state index is 0. The number of aromatic nitrogens is 3. The van der Waals surface area contributed by atoms with Crippen LogP contribution in [0.15, 0.2) is 133 Å². The molecule has 0 atom stereocenters. The van der Waals surface area contributed by atoms with Crippen molar-refractivity contribution in [2.75, 3.05) is 0 Å². The summed E-state index contributed by atoms with van der Waals surface area (Å²) in [6.45, 7) is 20.0. The number of thiophene rings is 1. The van der Waals surface area contributed by atoms with Gasteiger partial charge in [0.2, 0.25) is 0 Å². The van der Waals surface area contributed by atoms with Crippen molar-refractivity contribution in [3.8, 4) is 21.8 Å². The van der Waals surface area contributed by atoms with Gasteiger partial charge in [0.05, 0.1) is 0 Å². The van der Waals surface area contributed by atoms with Crippen molar-refractivity contribution in [1.29, 1.82) is 0 Å². The topological polar surface area (TPSA) is 38.7 Å². The number of benzene rings is 3. The first-order valence-electron chi connectivity index (χ1n) is 16.8. The molecule has 7 rings (SSSR count). The van der Waals surface area contributed by atoms with Crippen LogP contribution in [0.1, 0.15) is 69.2 Å². The van der Waals surface area contributed by atoms with Crippen LogP contribution in [0, 0.1) is 40.5 Å². The minimum absolute atomic E-state index is 0. The van der Waals surface area contributed by atoms with Gasteiger partial charge in [-0.2, -0.15) is 12.1 Å². The van der Waals surface area contributed by atoms with Gasteiger partial charge in [-0.25, -0.2) is 11.3 Å². The van der Waals surface area contributed by atoms with Gasteiger partial charge in [0, 0.05) is 78.9 Å². The summed E-state index contributed by atoms with van der Waals surface area (Å²) < 4.78 is 0. The largest absolute Gasteiger partial charge is 0.358 e. The van der Waals surface area contributed by atoms with E-state index >= 15 is 0 Å². The third kappa shape index (κ3) is 24.3. The molecule has 0 aliphatic rings. The van der Waals surface area contributed by atoms with E-state index in [0.29, 0.717) is 0 Å².